The van der Waals surface area contributed by atoms with Gasteiger partial charge in [-0.15, -0.1) is 11.3 Å². The van der Waals surface area contributed by atoms with Gasteiger partial charge in [-0.05, 0) is 53.4 Å². The zero-order valence-corrected chi connectivity index (χ0v) is 11.8. The van der Waals surface area contributed by atoms with E-state index < -0.39 is 0 Å². The van der Waals surface area contributed by atoms with E-state index in [9.17, 15) is 0 Å². The van der Waals surface area contributed by atoms with Crippen LogP contribution < -0.4 is 4.50 Å². The second-order valence-electron chi connectivity index (χ2n) is 3.56. The maximum absolute atomic E-state index is 3.65. The Bertz CT molecular complexity index is 514. The average molecular weight is 282 g/mol. The third kappa shape index (κ3) is 1.38. The van der Waals surface area contributed by atoms with Crippen molar-refractivity contribution in [3.8, 4) is 0 Å². The number of aryl methyl sites for hydroxylation is 3. The molecule has 1 heterocycles. The van der Waals surface area contributed by atoms with Gasteiger partial charge in [-0.25, -0.2) is 0 Å². The van der Waals surface area contributed by atoms with Crippen molar-refractivity contribution in [3.63, 3.8) is 0 Å². The first-order valence-corrected chi connectivity index (χ1v) is 6.53. The van der Waals surface area contributed by atoms with Gasteiger partial charge in [0.15, 0.2) is 0 Å². The third-order valence-corrected chi connectivity index (χ3v) is 5.53. The summed E-state index contributed by atoms with van der Waals surface area (Å²) in [5, 5.41) is 1.39. The van der Waals surface area contributed by atoms with E-state index in [2.05, 4.69) is 53.0 Å². The first-order chi connectivity index (χ1) is 6.52. The molecule has 0 bridgehead atoms. The molecule has 0 nitrogen and oxygen atoms in total. The standard InChI is InChI=1S/C11H10BrSSi/c1-5-4-8-9(6(2)10(5)12)7(3)11(14)13-8/h4H,1-3H3. The van der Waals surface area contributed by atoms with E-state index in [1.54, 1.807) is 0 Å². The van der Waals surface area contributed by atoms with Gasteiger partial charge in [0.2, 0.25) is 0 Å². The lowest BCUT2D eigenvalue weighted by atomic mass is 10.1. The van der Waals surface area contributed by atoms with Crippen molar-refractivity contribution in [2.24, 2.45) is 0 Å². The first kappa shape index (κ1) is 10.4. The van der Waals surface area contributed by atoms with Gasteiger partial charge < -0.3 is 0 Å². The minimum Gasteiger partial charge on any atom is -0.146 e. The van der Waals surface area contributed by atoms with Crippen molar-refractivity contribution in [2.75, 3.05) is 0 Å². The maximum atomic E-state index is 3.65. The number of halogens is 1. The van der Waals surface area contributed by atoms with Crippen LogP contribution >= 0.6 is 27.3 Å². The summed E-state index contributed by atoms with van der Waals surface area (Å²) in [5.74, 6) is 0. The zero-order chi connectivity index (χ0) is 10.5. The SMILES string of the molecule is Cc1cc2sc([Si])c(C)c2c(C)c1Br. The lowest BCUT2D eigenvalue weighted by Crippen LogP contribution is -1.97. The molecule has 14 heavy (non-hydrogen) atoms. The van der Waals surface area contributed by atoms with Gasteiger partial charge >= 0.3 is 0 Å². The number of rotatable bonds is 0. The van der Waals surface area contributed by atoms with Crippen LogP contribution in [0.5, 0.6) is 0 Å². The molecule has 0 aliphatic heterocycles. The molecule has 71 valence electrons. The highest BCUT2D eigenvalue weighted by atomic mass is 79.9. The predicted octanol–water partition coefficient (Wildman–Crippen LogP) is 3.38. The van der Waals surface area contributed by atoms with Crippen LogP contribution in [0.25, 0.3) is 10.1 Å². The Kier molecular flexibility index (Phi) is 2.58. The van der Waals surface area contributed by atoms with Gasteiger partial charge in [-0.3, -0.25) is 0 Å². The Morgan fingerprint density at radius 1 is 1.21 bits per heavy atom. The molecular weight excluding hydrogens is 272 g/mol. The summed E-state index contributed by atoms with van der Waals surface area (Å²) in [6.07, 6.45) is 0. The van der Waals surface area contributed by atoms with Crippen LogP contribution in [0.2, 0.25) is 0 Å². The summed E-state index contributed by atoms with van der Waals surface area (Å²) in [6.45, 7) is 6.47. The summed E-state index contributed by atoms with van der Waals surface area (Å²) >= 11 is 5.44. The zero-order valence-electron chi connectivity index (χ0n) is 8.36. The van der Waals surface area contributed by atoms with Gasteiger partial charge in [-0.2, -0.15) is 0 Å². The molecular formula is C11H10BrSSi. The Labute approximate surface area is 99.9 Å². The van der Waals surface area contributed by atoms with Crippen molar-refractivity contribution in [1.29, 1.82) is 0 Å². The van der Waals surface area contributed by atoms with Crippen LogP contribution in [0.4, 0.5) is 0 Å². The Morgan fingerprint density at radius 3 is 2.50 bits per heavy atom. The van der Waals surface area contributed by atoms with Crippen molar-refractivity contribution in [2.45, 2.75) is 20.8 Å². The highest BCUT2D eigenvalue weighted by molar-refractivity contribution is 9.10. The second kappa shape index (κ2) is 3.47. The number of hydrogen-bond acceptors (Lipinski definition) is 1. The lowest BCUT2D eigenvalue weighted by molar-refractivity contribution is 1.38. The first-order valence-electron chi connectivity index (χ1n) is 4.42. The largest absolute Gasteiger partial charge is 0.146 e. The molecule has 3 radical (unpaired) electrons. The summed E-state index contributed by atoms with van der Waals surface area (Å²) in [6, 6.07) is 2.24. The van der Waals surface area contributed by atoms with E-state index >= 15 is 0 Å². The van der Waals surface area contributed by atoms with Crippen LogP contribution in [0, 0.1) is 20.8 Å². The molecule has 2 aromatic rings. The van der Waals surface area contributed by atoms with E-state index in [0.717, 1.165) is 0 Å². The van der Waals surface area contributed by atoms with Gasteiger partial charge in [0.25, 0.3) is 0 Å². The van der Waals surface area contributed by atoms with Crippen LogP contribution in [0.3, 0.4) is 0 Å². The van der Waals surface area contributed by atoms with E-state index in [1.165, 1.54) is 35.7 Å². The summed E-state index contributed by atoms with van der Waals surface area (Å²) < 4.78 is 3.84. The van der Waals surface area contributed by atoms with Crippen LogP contribution in [-0.4, -0.2) is 10.2 Å². The smallest absolute Gasteiger partial charge is 0.0868 e. The normalized spacial score (nSPS) is 11.2. The van der Waals surface area contributed by atoms with E-state index in [0.29, 0.717) is 0 Å². The summed E-state index contributed by atoms with van der Waals surface area (Å²) in [7, 11) is 3.65. The van der Waals surface area contributed by atoms with Gasteiger partial charge in [0.05, 0.1) is 10.2 Å². The predicted molar refractivity (Wildman–Crippen MR) is 69.1 cm³/mol. The second-order valence-corrected chi connectivity index (χ2v) is 6.27. The quantitative estimate of drug-likeness (QED) is 0.650. The molecule has 0 fully saturated rings. The van der Waals surface area contributed by atoms with Crippen molar-refractivity contribution >= 4 is 52.1 Å². The van der Waals surface area contributed by atoms with E-state index in [-0.39, 0.29) is 0 Å². The number of benzene rings is 1. The molecule has 0 saturated heterocycles. The van der Waals surface area contributed by atoms with Crippen molar-refractivity contribution in [3.05, 3.63) is 27.2 Å². The number of fused-ring (bicyclic) bond motifs is 1. The van der Waals surface area contributed by atoms with Gasteiger partial charge in [0.1, 0.15) is 0 Å². The minimum absolute atomic E-state index is 1.23. The molecule has 0 aliphatic carbocycles. The minimum atomic E-state index is 1.23. The number of thiophene rings is 1. The van der Waals surface area contributed by atoms with Crippen LogP contribution in [0.1, 0.15) is 16.7 Å². The van der Waals surface area contributed by atoms with Crippen molar-refractivity contribution in [1.82, 2.24) is 0 Å². The highest BCUT2D eigenvalue weighted by Gasteiger charge is 2.11. The number of hydrogen-bond donors (Lipinski definition) is 0. The topological polar surface area (TPSA) is 0 Å². The molecule has 0 atom stereocenters. The van der Waals surface area contributed by atoms with E-state index in [1.807, 2.05) is 11.3 Å². The molecule has 0 aliphatic rings. The van der Waals surface area contributed by atoms with Crippen LogP contribution in [-0.2, 0) is 0 Å². The monoisotopic (exact) mass is 281 g/mol. The molecule has 0 amide bonds. The molecule has 1 aromatic carbocycles. The molecule has 0 spiro atoms. The fraction of sp³-hybridized carbons (Fsp3) is 0.273. The van der Waals surface area contributed by atoms with Crippen molar-refractivity contribution < 1.29 is 0 Å². The molecule has 2 rings (SSSR count). The highest BCUT2D eigenvalue weighted by Crippen LogP contribution is 2.33. The molecule has 3 heteroatoms. The molecule has 0 unspecified atom stereocenters. The molecule has 0 N–H and O–H groups in total. The Morgan fingerprint density at radius 2 is 1.86 bits per heavy atom. The average Bonchev–Trinajstić information content (AvgIpc) is 2.39. The fourth-order valence-corrected chi connectivity index (χ4v) is 3.66. The lowest BCUT2D eigenvalue weighted by Gasteiger charge is -2.05. The summed E-state index contributed by atoms with van der Waals surface area (Å²) in [5.41, 5.74) is 4.00. The molecule has 0 saturated carbocycles. The van der Waals surface area contributed by atoms with Gasteiger partial charge in [0, 0.05) is 9.17 Å². The fourth-order valence-electron chi connectivity index (χ4n) is 1.77. The van der Waals surface area contributed by atoms with Gasteiger partial charge in [-0.1, -0.05) is 15.9 Å². The maximum Gasteiger partial charge on any atom is 0.0868 e. The molecule has 1 aromatic heterocycles. The van der Waals surface area contributed by atoms with E-state index in [4.69, 9.17) is 0 Å². The Hall–Kier alpha value is -0.123. The summed E-state index contributed by atoms with van der Waals surface area (Å²) in [4.78, 5) is 0. The third-order valence-electron chi connectivity index (χ3n) is 2.57. The Balaban J connectivity index is 2.99. The van der Waals surface area contributed by atoms with Crippen LogP contribution in [0.15, 0.2) is 10.5 Å².